The minimum Gasteiger partial charge on any atom is -0.314 e. The van der Waals surface area contributed by atoms with Crippen LogP contribution in [0.1, 0.15) is 0 Å². The first kappa shape index (κ1) is 14.2. The third-order valence-electron chi connectivity index (χ3n) is 2.56. The Morgan fingerprint density at radius 2 is 2.05 bits per heavy atom. The summed E-state index contributed by atoms with van der Waals surface area (Å²) in [5.74, 6) is -0.610. The van der Waals surface area contributed by atoms with Crippen LogP contribution in [0.4, 0.5) is 15.3 Å². The average molecular weight is 341 g/mol. The van der Waals surface area contributed by atoms with E-state index >= 15 is 0 Å². The molecule has 21 heavy (non-hydrogen) atoms. The molecule has 0 radical (unpaired) electrons. The molecule has 3 aromatic rings. The van der Waals surface area contributed by atoms with E-state index < -0.39 is 5.82 Å². The lowest BCUT2D eigenvalue weighted by Crippen LogP contribution is -1.98. The number of thiazole rings is 1. The molecular formula is C13H7Cl2FN4S. The van der Waals surface area contributed by atoms with Gasteiger partial charge in [0.15, 0.2) is 16.8 Å². The van der Waals surface area contributed by atoms with Crippen molar-refractivity contribution >= 4 is 45.5 Å². The molecule has 0 amide bonds. The third-order valence-corrected chi connectivity index (χ3v) is 3.74. The number of anilines is 2. The summed E-state index contributed by atoms with van der Waals surface area (Å²) in [5, 5.41) is 5.71. The second-order valence-corrected chi connectivity index (χ2v) is 5.64. The smallest absolute Gasteiger partial charge is 0.224 e. The molecule has 0 unspecified atom stereocenters. The van der Waals surface area contributed by atoms with E-state index in [1.165, 1.54) is 11.3 Å². The van der Waals surface area contributed by atoms with E-state index in [0.717, 1.165) is 17.5 Å². The highest BCUT2D eigenvalue weighted by Gasteiger charge is 2.10. The maximum Gasteiger partial charge on any atom is 0.224 e. The molecule has 2 aromatic heterocycles. The summed E-state index contributed by atoms with van der Waals surface area (Å²) in [7, 11) is 0. The molecule has 3 rings (SSSR count). The van der Waals surface area contributed by atoms with Gasteiger partial charge in [-0.2, -0.15) is 4.98 Å². The van der Waals surface area contributed by atoms with Crippen LogP contribution >= 0.6 is 34.5 Å². The fraction of sp³-hybridized carbons (Fsp3) is 0. The molecule has 4 nitrogen and oxygen atoms in total. The second kappa shape index (κ2) is 5.93. The fourth-order valence-corrected chi connectivity index (χ4v) is 2.69. The van der Waals surface area contributed by atoms with Crippen molar-refractivity contribution in [3.8, 4) is 11.3 Å². The number of halogens is 3. The molecular weight excluding hydrogens is 334 g/mol. The monoisotopic (exact) mass is 340 g/mol. The zero-order valence-electron chi connectivity index (χ0n) is 10.3. The van der Waals surface area contributed by atoms with Crippen molar-refractivity contribution in [3.63, 3.8) is 0 Å². The Labute approximate surface area is 133 Å². The first-order chi connectivity index (χ1) is 10.1. The molecule has 0 saturated heterocycles. The quantitative estimate of drug-likeness (QED) is 0.696. The number of rotatable bonds is 3. The second-order valence-electron chi connectivity index (χ2n) is 4.01. The number of nitrogens with one attached hydrogen (secondary N) is 1. The lowest BCUT2D eigenvalue weighted by Gasteiger charge is -2.02. The average Bonchev–Trinajstić information content (AvgIpc) is 2.91. The Morgan fingerprint density at radius 1 is 1.19 bits per heavy atom. The molecule has 0 aliphatic carbocycles. The summed E-state index contributed by atoms with van der Waals surface area (Å²) in [5.41, 5.74) is 1.62. The zero-order chi connectivity index (χ0) is 14.8. The maximum absolute atomic E-state index is 13.6. The van der Waals surface area contributed by atoms with Gasteiger partial charge in [-0.15, -0.1) is 11.3 Å². The summed E-state index contributed by atoms with van der Waals surface area (Å²) >= 11 is 12.9. The zero-order valence-corrected chi connectivity index (χ0v) is 12.7. The molecule has 1 aromatic carbocycles. The van der Waals surface area contributed by atoms with Crippen molar-refractivity contribution in [1.82, 2.24) is 15.0 Å². The number of nitrogens with zero attached hydrogens (tertiary/aromatic N) is 3. The molecule has 2 heterocycles. The lowest BCUT2D eigenvalue weighted by atomic mass is 10.2. The molecule has 0 spiro atoms. The van der Waals surface area contributed by atoms with Gasteiger partial charge in [-0.05, 0) is 23.7 Å². The Hall–Kier alpha value is -1.76. The van der Waals surface area contributed by atoms with Crippen LogP contribution in [0.25, 0.3) is 11.3 Å². The van der Waals surface area contributed by atoms with Gasteiger partial charge >= 0.3 is 0 Å². The molecule has 8 heteroatoms. The molecule has 0 bridgehead atoms. The summed E-state index contributed by atoms with van der Waals surface area (Å²) in [4.78, 5) is 11.7. The SMILES string of the molecule is Fc1cnc(Cl)nc1Nc1nc(-c2cccc(Cl)c2)cs1. The Kier molecular flexibility index (Phi) is 4.01. The van der Waals surface area contributed by atoms with Crippen LogP contribution in [-0.2, 0) is 0 Å². The lowest BCUT2D eigenvalue weighted by molar-refractivity contribution is 0.619. The first-order valence-corrected chi connectivity index (χ1v) is 7.42. The van der Waals surface area contributed by atoms with Crippen LogP contribution < -0.4 is 5.32 Å². The van der Waals surface area contributed by atoms with Crippen LogP contribution in [0.5, 0.6) is 0 Å². The largest absolute Gasteiger partial charge is 0.314 e. The van der Waals surface area contributed by atoms with Crippen molar-refractivity contribution in [1.29, 1.82) is 0 Å². The molecule has 1 N–H and O–H groups in total. The number of aromatic nitrogens is 3. The third kappa shape index (κ3) is 3.29. The highest BCUT2D eigenvalue weighted by molar-refractivity contribution is 7.14. The summed E-state index contributed by atoms with van der Waals surface area (Å²) < 4.78 is 13.6. The summed E-state index contributed by atoms with van der Waals surface area (Å²) in [6, 6.07) is 7.33. The van der Waals surface area contributed by atoms with Crippen molar-refractivity contribution < 1.29 is 4.39 Å². The first-order valence-electron chi connectivity index (χ1n) is 5.78. The predicted octanol–water partition coefficient (Wildman–Crippen LogP) is 4.79. The Morgan fingerprint density at radius 3 is 2.86 bits per heavy atom. The minimum atomic E-state index is -0.598. The predicted molar refractivity (Wildman–Crippen MR) is 82.8 cm³/mol. The van der Waals surface area contributed by atoms with Crippen molar-refractivity contribution in [2.45, 2.75) is 0 Å². The van der Waals surface area contributed by atoms with Gasteiger partial charge in [0, 0.05) is 16.0 Å². The molecule has 0 aliphatic heterocycles. The van der Waals surface area contributed by atoms with E-state index in [-0.39, 0.29) is 11.1 Å². The molecule has 0 saturated carbocycles. The number of benzene rings is 1. The Bertz CT molecular complexity index is 793. The molecule has 0 fully saturated rings. The maximum atomic E-state index is 13.6. The molecule has 0 atom stereocenters. The normalized spacial score (nSPS) is 10.6. The van der Waals surface area contributed by atoms with Gasteiger partial charge in [0.25, 0.3) is 0 Å². The number of hydrogen-bond donors (Lipinski definition) is 1. The number of hydrogen-bond acceptors (Lipinski definition) is 5. The van der Waals surface area contributed by atoms with Gasteiger partial charge in [-0.25, -0.2) is 14.4 Å². The van der Waals surface area contributed by atoms with Crippen LogP contribution in [0.2, 0.25) is 10.3 Å². The minimum absolute atomic E-state index is 0.0120. The topological polar surface area (TPSA) is 50.7 Å². The molecule has 106 valence electrons. The highest BCUT2D eigenvalue weighted by Crippen LogP contribution is 2.28. The van der Waals surface area contributed by atoms with Gasteiger partial charge in [0.1, 0.15) is 0 Å². The van der Waals surface area contributed by atoms with Crippen LogP contribution in [0.15, 0.2) is 35.8 Å². The van der Waals surface area contributed by atoms with E-state index in [4.69, 9.17) is 23.2 Å². The van der Waals surface area contributed by atoms with Gasteiger partial charge in [0.2, 0.25) is 5.28 Å². The van der Waals surface area contributed by atoms with Crippen molar-refractivity contribution in [2.75, 3.05) is 5.32 Å². The standard InChI is InChI=1S/C13H7Cl2FN4S/c14-8-3-1-2-7(4-8)10-6-21-13(18-10)20-11-9(16)5-17-12(15)19-11/h1-6H,(H,17,18,19,20). The van der Waals surface area contributed by atoms with E-state index in [9.17, 15) is 4.39 Å². The van der Waals surface area contributed by atoms with E-state index in [1.807, 2.05) is 23.6 Å². The van der Waals surface area contributed by atoms with Crippen LogP contribution in [-0.4, -0.2) is 15.0 Å². The van der Waals surface area contributed by atoms with E-state index in [2.05, 4.69) is 20.3 Å². The van der Waals surface area contributed by atoms with Gasteiger partial charge in [-0.3, -0.25) is 0 Å². The van der Waals surface area contributed by atoms with Gasteiger partial charge in [-0.1, -0.05) is 23.7 Å². The van der Waals surface area contributed by atoms with Crippen molar-refractivity contribution in [2.24, 2.45) is 0 Å². The highest BCUT2D eigenvalue weighted by atomic mass is 35.5. The van der Waals surface area contributed by atoms with Gasteiger partial charge < -0.3 is 5.32 Å². The fourth-order valence-electron chi connectivity index (χ4n) is 1.65. The Balaban J connectivity index is 1.87. The van der Waals surface area contributed by atoms with Crippen LogP contribution in [0, 0.1) is 5.82 Å². The van der Waals surface area contributed by atoms with E-state index in [1.54, 1.807) is 6.07 Å². The van der Waals surface area contributed by atoms with Crippen LogP contribution in [0.3, 0.4) is 0 Å². The summed E-state index contributed by atoms with van der Waals surface area (Å²) in [6.07, 6.45) is 1.00. The summed E-state index contributed by atoms with van der Waals surface area (Å²) in [6.45, 7) is 0. The van der Waals surface area contributed by atoms with Gasteiger partial charge in [0.05, 0.1) is 11.9 Å². The van der Waals surface area contributed by atoms with Crippen molar-refractivity contribution in [3.05, 3.63) is 52.0 Å². The van der Waals surface area contributed by atoms with E-state index in [0.29, 0.717) is 10.2 Å². The molecule has 0 aliphatic rings.